The van der Waals surface area contributed by atoms with Crippen molar-refractivity contribution in [3.63, 3.8) is 0 Å². The second-order valence-corrected chi connectivity index (χ2v) is 6.84. The maximum absolute atomic E-state index is 12.6. The lowest BCUT2D eigenvalue weighted by molar-refractivity contribution is 0.0734. The minimum absolute atomic E-state index is 0.202. The number of rotatable bonds is 3. The molecule has 3 aromatic rings. The first-order chi connectivity index (χ1) is 13.5. The summed E-state index contributed by atoms with van der Waals surface area (Å²) in [6.07, 6.45) is 1.70. The van der Waals surface area contributed by atoms with Crippen LogP contribution in [0.4, 0.5) is 0 Å². The molecular weight excluding hydrogens is 376 g/mol. The van der Waals surface area contributed by atoms with Crippen molar-refractivity contribution in [2.45, 2.75) is 6.92 Å². The molecule has 0 radical (unpaired) electrons. The van der Waals surface area contributed by atoms with Gasteiger partial charge in [-0.3, -0.25) is 4.79 Å². The van der Waals surface area contributed by atoms with Gasteiger partial charge >= 0.3 is 5.97 Å². The van der Waals surface area contributed by atoms with Crippen LogP contribution in [-0.2, 0) is 0 Å². The quantitative estimate of drug-likeness (QED) is 0.337. The summed E-state index contributed by atoms with van der Waals surface area (Å²) in [5.41, 5.74) is 2.78. The monoisotopic (exact) mass is 390 g/mol. The predicted octanol–water partition coefficient (Wildman–Crippen LogP) is 5.48. The van der Waals surface area contributed by atoms with Crippen molar-refractivity contribution in [1.29, 1.82) is 0 Å². The second-order valence-electron chi connectivity index (χ2n) is 6.41. The van der Waals surface area contributed by atoms with Gasteiger partial charge in [-0.05, 0) is 55.0 Å². The molecule has 0 unspecified atom stereocenters. The van der Waals surface area contributed by atoms with Gasteiger partial charge in [-0.2, -0.15) is 0 Å². The van der Waals surface area contributed by atoms with Crippen LogP contribution < -0.4 is 9.47 Å². The lowest BCUT2D eigenvalue weighted by Gasteiger charge is -2.05. The van der Waals surface area contributed by atoms with Crippen LogP contribution in [-0.4, -0.2) is 11.8 Å². The summed E-state index contributed by atoms with van der Waals surface area (Å²) in [5, 5.41) is 0.536. The lowest BCUT2D eigenvalue weighted by atomic mass is 10.1. The second kappa shape index (κ2) is 7.33. The maximum Gasteiger partial charge on any atom is 0.343 e. The molecule has 5 heteroatoms. The predicted molar refractivity (Wildman–Crippen MR) is 107 cm³/mol. The van der Waals surface area contributed by atoms with Crippen LogP contribution in [0.25, 0.3) is 6.08 Å². The van der Waals surface area contributed by atoms with E-state index in [1.807, 2.05) is 31.2 Å². The first kappa shape index (κ1) is 18.0. The van der Waals surface area contributed by atoms with Gasteiger partial charge in [-0.15, -0.1) is 0 Å². The highest BCUT2D eigenvalue weighted by molar-refractivity contribution is 6.30. The normalized spacial score (nSPS) is 13.9. The van der Waals surface area contributed by atoms with E-state index in [4.69, 9.17) is 21.1 Å². The van der Waals surface area contributed by atoms with Gasteiger partial charge in [0.1, 0.15) is 11.5 Å². The number of benzene rings is 3. The van der Waals surface area contributed by atoms with Crippen LogP contribution in [0.3, 0.4) is 0 Å². The first-order valence-electron chi connectivity index (χ1n) is 8.62. The highest BCUT2D eigenvalue weighted by Gasteiger charge is 2.28. The highest BCUT2D eigenvalue weighted by Crippen LogP contribution is 2.35. The zero-order valence-electron chi connectivity index (χ0n) is 14.9. The summed E-state index contributed by atoms with van der Waals surface area (Å²) in [6.45, 7) is 1.98. The number of ketones is 1. The van der Waals surface area contributed by atoms with E-state index in [0.29, 0.717) is 27.6 Å². The molecule has 1 aliphatic heterocycles. The Bertz CT molecular complexity index is 1110. The summed E-state index contributed by atoms with van der Waals surface area (Å²) in [6, 6.07) is 18.9. The van der Waals surface area contributed by atoms with Crippen LogP contribution in [0.2, 0.25) is 5.02 Å². The van der Waals surface area contributed by atoms with E-state index < -0.39 is 5.97 Å². The molecular formula is C23H15ClO4. The van der Waals surface area contributed by atoms with Crippen LogP contribution in [0.1, 0.15) is 31.8 Å². The molecule has 0 aliphatic carbocycles. The number of esters is 1. The van der Waals surface area contributed by atoms with E-state index in [-0.39, 0.29) is 11.5 Å². The Morgan fingerprint density at radius 1 is 1.04 bits per heavy atom. The third kappa shape index (κ3) is 3.68. The van der Waals surface area contributed by atoms with Gasteiger partial charge in [0.25, 0.3) is 0 Å². The molecule has 0 atom stereocenters. The molecule has 1 aliphatic rings. The molecule has 0 amide bonds. The van der Waals surface area contributed by atoms with E-state index >= 15 is 0 Å². The Kier molecular flexibility index (Phi) is 4.72. The molecule has 0 aromatic heterocycles. The maximum atomic E-state index is 12.6. The minimum Gasteiger partial charge on any atom is -0.452 e. The molecule has 0 N–H and O–H groups in total. The van der Waals surface area contributed by atoms with Gasteiger partial charge in [0, 0.05) is 11.1 Å². The number of aryl methyl sites for hydroxylation is 1. The van der Waals surface area contributed by atoms with Crippen molar-refractivity contribution < 1.29 is 19.1 Å². The van der Waals surface area contributed by atoms with Crippen molar-refractivity contribution in [2.75, 3.05) is 0 Å². The number of ether oxygens (including phenoxy) is 2. The van der Waals surface area contributed by atoms with Crippen LogP contribution in [0, 0.1) is 6.92 Å². The first-order valence-corrected chi connectivity index (χ1v) is 9.00. The van der Waals surface area contributed by atoms with Gasteiger partial charge in [0.2, 0.25) is 5.78 Å². The van der Waals surface area contributed by atoms with Gasteiger partial charge < -0.3 is 9.47 Å². The molecule has 3 aromatic carbocycles. The molecule has 0 saturated heterocycles. The molecule has 138 valence electrons. The minimum atomic E-state index is -0.517. The zero-order valence-corrected chi connectivity index (χ0v) is 15.7. The topological polar surface area (TPSA) is 52.6 Å². The summed E-state index contributed by atoms with van der Waals surface area (Å²) < 4.78 is 11.1. The third-order valence-corrected chi connectivity index (χ3v) is 4.52. The SMILES string of the molecule is Cc1cccc(/C=C2\Oc3cc(OC(=O)c4ccc(Cl)cc4)ccc3C2=O)c1. The largest absolute Gasteiger partial charge is 0.452 e. The number of hydrogen-bond acceptors (Lipinski definition) is 4. The van der Waals surface area contributed by atoms with Crippen molar-refractivity contribution >= 4 is 29.4 Å². The molecule has 0 saturated carbocycles. The van der Waals surface area contributed by atoms with Crippen LogP contribution in [0.5, 0.6) is 11.5 Å². The Morgan fingerprint density at radius 3 is 2.57 bits per heavy atom. The molecule has 4 nitrogen and oxygen atoms in total. The van der Waals surface area contributed by atoms with Gasteiger partial charge in [-0.25, -0.2) is 4.79 Å². The van der Waals surface area contributed by atoms with E-state index in [1.54, 1.807) is 42.5 Å². The summed E-state index contributed by atoms with van der Waals surface area (Å²) >= 11 is 5.83. The van der Waals surface area contributed by atoms with Crippen LogP contribution in [0.15, 0.2) is 72.5 Å². The number of hydrogen-bond donors (Lipinski definition) is 0. The van der Waals surface area contributed by atoms with Crippen molar-refractivity contribution in [3.8, 4) is 11.5 Å². The number of fused-ring (bicyclic) bond motifs is 1. The molecule has 0 fully saturated rings. The van der Waals surface area contributed by atoms with E-state index in [1.165, 1.54) is 6.07 Å². The number of allylic oxidation sites excluding steroid dienone is 1. The van der Waals surface area contributed by atoms with Crippen molar-refractivity contribution in [2.24, 2.45) is 0 Å². The summed E-state index contributed by atoms with van der Waals surface area (Å²) in [7, 11) is 0. The van der Waals surface area contributed by atoms with Crippen LogP contribution >= 0.6 is 11.6 Å². The Hall–Kier alpha value is -3.37. The number of halogens is 1. The van der Waals surface area contributed by atoms with E-state index in [0.717, 1.165) is 11.1 Å². The number of carbonyl (C=O) groups excluding carboxylic acids is 2. The molecule has 4 rings (SSSR count). The number of carbonyl (C=O) groups is 2. The van der Waals surface area contributed by atoms with E-state index in [9.17, 15) is 9.59 Å². The third-order valence-electron chi connectivity index (χ3n) is 4.27. The average molecular weight is 391 g/mol. The van der Waals surface area contributed by atoms with Gasteiger partial charge in [0.15, 0.2) is 5.76 Å². The Balaban J connectivity index is 1.55. The fourth-order valence-corrected chi connectivity index (χ4v) is 3.02. The van der Waals surface area contributed by atoms with Gasteiger partial charge in [-0.1, -0.05) is 41.4 Å². The molecule has 0 spiro atoms. The fraction of sp³-hybridized carbons (Fsp3) is 0.0435. The highest BCUT2D eigenvalue weighted by atomic mass is 35.5. The van der Waals surface area contributed by atoms with Crippen molar-refractivity contribution in [1.82, 2.24) is 0 Å². The Labute approximate surface area is 167 Å². The van der Waals surface area contributed by atoms with Gasteiger partial charge in [0.05, 0.1) is 11.1 Å². The standard InChI is InChI=1S/C23H15ClO4/c1-14-3-2-4-15(11-14)12-21-22(25)19-10-9-18(13-20(19)28-21)27-23(26)16-5-7-17(24)8-6-16/h2-13H,1H3/b21-12-. The summed E-state index contributed by atoms with van der Waals surface area (Å²) in [5.74, 6) is 0.180. The Morgan fingerprint density at radius 2 is 1.82 bits per heavy atom. The van der Waals surface area contributed by atoms with Crippen molar-refractivity contribution in [3.05, 3.63) is 99.8 Å². The summed E-state index contributed by atoms with van der Waals surface area (Å²) in [4.78, 5) is 24.8. The van der Waals surface area contributed by atoms with E-state index in [2.05, 4.69) is 0 Å². The zero-order chi connectivity index (χ0) is 19.7. The average Bonchev–Trinajstić information content (AvgIpc) is 2.97. The lowest BCUT2D eigenvalue weighted by Crippen LogP contribution is -2.08. The smallest absolute Gasteiger partial charge is 0.343 e. The number of Topliss-reactive ketones (excluding diaryl/α,β-unsaturated/α-hetero) is 1. The molecule has 0 bridgehead atoms. The molecule has 28 heavy (non-hydrogen) atoms. The fourth-order valence-electron chi connectivity index (χ4n) is 2.89. The molecule has 1 heterocycles.